The van der Waals surface area contributed by atoms with E-state index < -0.39 is 5.97 Å². The summed E-state index contributed by atoms with van der Waals surface area (Å²) in [5, 5.41) is 5.78. The van der Waals surface area contributed by atoms with Crippen LogP contribution in [0.15, 0.2) is 78.9 Å². The fraction of sp³-hybridized carbons (Fsp3) is 0.310. The highest BCUT2D eigenvalue weighted by atomic mass is 16.5. The maximum atomic E-state index is 12.7. The Bertz CT molecular complexity index is 1120. The van der Waals surface area contributed by atoms with Gasteiger partial charge in [-0.3, -0.25) is 4.90 Å². The van der Waals surface area contributed by atoms with Crippen molar-refractivity contribution in [3.63, 3.8) is 0 Å². The molecule has 1 atom stereocenters. The third kappa shape index (κ3) is 6.93. The van der Waals surface area contributed by atoms with Gasteiger partial charge < -0.3 is 15.4 Å². The molecule has 0 bridgehead atoms. The van der Waals surface area contributed by atoms with Gasteiger partial charge in [-0.05, 0) is 68.0 Å². The zero-order valence-corrected chi connectivity index (χ0v) is 20.2. The molecule has 6 heteroatoms. The number of ether oxygens (including phenoxy) is 1. The lowest BCUT2D eigenvalue weighted by molar-refractivity contribution is 0.0597. The average Bonchev–Trinajstić information content (AvgIpc) is 2.89. The standard InChI is InChI=1S/C29H33N3O3/c1-35-28(33)25-15-8-16-27(31-29(34)30-24-13-6-3-7-14-24)26(25)21-32-19-9-12-23(20-32)18-17-22-10-4-2-5-11-22/h2-8,10-11,13-16,23H,9,12,17-21H2,1H3,(H2,30,31,34). The molecule has 3 aromatic carbocycles. The quantitative estimate of drug-likeness (QED) is 0.398. The van der Waals surface area contributed by atoms with E-state index >= 15 is 0 Å². The second-order valence-corrected chi connectivity index (χ2v) is 9.04. The van der Waals surface area contributed by atoms with Crippen LogP contribution in [0.3, 0.4) is 0 Å². The van der Waals surface area contributed by atoms with Crippen LogP contribution in [0.25, 0.3) is 0 Å². The lowest BCUT2D eigenvalue weighted by Crippen LogP contribution is -2.36. The third-order valence-corrected chi connectivity index (χ3v) is 6.53. The van der Waals surface area contributed by atoms with Crippen LogP contribution in [0.5, 0.6) is 0 Å². The Morgan fingerprint density at radius 1 is 0.943 bits per heavy atom. The monoisotopic (exact) mass is 471 g/mol. The Balaban J connectivity index is 1.46. The second-order valence-electron chi connectivity index (χ2n) is 9.04. The summed E-state index contributed by atoms with van der Waals surface area (Å²) in [5.41, 5.74) is 3.96. The smallest absolute Gasteiger partial charge is 0.338 e. The van der Waals surface area contributed by atoms with Crippen molar-refractivity contribution >= 4 is 23.4 Å². The molecule has 0 radical (unpaired) electrons. The molecular weight excluding hydrogens is 438 g/mol. The van der Waals surface area contributed by atoms with Crippen LogP contribution in [0.1, 0.15) is 40.7 Å². The highest BCUT2D eigenvalue weighted by Gasteiger charge is 2.24. The molecule has 4 rings (SSSR count). The number of urea groups is 1. The van der Waals surface area contributed by atoms with Crippen molar-refractivity contribution in [2.45, 2.75) is 32.2 Å². The minimum Gasteiger partial charge on any atom is -0.465 e. The van der Waals surface area contributed by atoms with Gasteiger partial charge in [-0.25, -0.2) is 9.59 Å². The summed E-state index contributed by atoms with van der Waals surface area (Å²) >= 11 is 0. The van der Waals surface area contributed by atoms with E-state index in [1.54, 1.807) is 12.1 Å². The highest BCUT2D eigenvalue weighted by Crippen LogP contribution is 2.28. The zero-order chi connectivity index (χ0) is 24.5. The number of likely N-dealkylation sites (tertiary alicyclic amines) is 1. The topological polar surface area (TPSA) is 70.7 Å². The number of carbonyl (C=O) groups is 2. The summed E-state index contributed by atoms with van der Waals surface area (Å²) in [5.74, 6) is 0.205. The summed E-state index contributed by atoms with van der Waals surface area (Å²) < 4.78 is 5.04. The van der Waals surface area contributed by atoms with Gasteiger partial charge in [-0.2, -0.15) is 0 Å². The van der Waals surface area contributed by atoms with Crippen molar-refractivity contribution in [3.8, 4) is 0 Å². The van der Waals surface area contributed by atoms with Gasteiger partial charge in [0.25, 0.3) is 0 Å². The lowest BCUT2D eigenvalue weighted by atomic mass is 9.91. The van der Waals surface area contributed by atoms with Crippen molar-refractivity contribution in [1.82, 2.24) is 4.90 Å². The van der Waals surface area contributed by atoms with Crippen LogP contribution in [0, 0.1) is 5.92 Å². The third-order valence-electron chi connectivity index (χ3n) is 6.53. The molecule has 35 heavy (non-hydrogen) atoms. The molecule has 1 aliphatic heterocycles. The number of para-hydroxylation sites is 1. The van der Waals surface area contributed by atoms with Gasteiger partial charge in [0, 0.05) is 30.0 Å². The molecule has 2 N–H and O–H groups in total. The van der Waals surface area contributed by atoms with E-state index in [-0.39, 0.29) is 6.03 Å². The van der Waals surface area contributed by atoms with Crippen LogP contribution >= 0.6 is 0 Å². The highest BCUT2D eigenvalue weighted by molar-refractivity contribution is 6.02. The Labute approximate surface area is 207 Å². The van der Waals surface area contributed by atoms with E-state index in [1.807, 2.05) is 36.4 Å². The maximum Gasteiger partial charge on any atom is 0.338 e. The molecule has 6 nitrogen and oxygen atoms in total. The maximum absolute atomic E-state index is 12.7. The number of benzene rings is 3. The van der Waals surface area contributed by atoms with Crippen LogP contribution < -0.4 is 10.6 Å². The minimum absolute atomic E-state index is 0.348. The first-order valence-electron chi connectivity index (χ1n) is 12.2. The summed E-state index contributed by atoms with van der Waals surface area (Å²) in [6.07, 6.45) is 4.55. The number of rotatable bonds is 8. The predicted octanol–water partition coefficient (Wildman–Crippen LogP) is 5.96. The summed E-state index contributed by atoms with van der Waals surface area (Å²) in [4.78, 5) is 27.6. The molecule has 0 saturated carbocycles. The van der Waals surface area contributed by atoms with Crippen molar-refractivity contribution in [3.05, 3.63) is 95.6 Å². The van der Waals surface area contributed by atoms with E-state index in [1.165, 1.54) is 19.1 Å². The number of anilines is 2. The minimum atomic E-state index is -0.398. The molecule has 1 saturated heterocycles. The average molecular weight is 472 g/mol. The predicted molar refractivity (Wildman–Crippen MR) is 140 cm³/mol. The van der Waals surface area contributed by atoms with Gasteiger partial charge in [-0.1, -0.05) is 54.6 Å². The largest absolute Gasteiger partial charge is 0.465 e. The molecule has 1 heterocycles. The lowest BCUT2D eigenvalue weighted by Gasteiger charge is -2.33. The molecule has 3 aromatic rings. The number of piperidine rings is 1. The fourth-order valence-corrected chi connectivity index (χ4v) is 4.75. The van der Waals surface area contributed by atoms with Crippen molar-refractivity contribution in [2.24, 2.45) is 5.92 Å². The van der Waals surface area contributed by atoms with Gasteiger partial charge in [-0.15, -0.1) is 0 Å². The first kappa shape index (κ1) is 24.5. The molecule has 0 spiro atoms. The molecule has 0 aromatic heterocycles. The van der Waals surface area contributed by atoms with E-state index in [0.29, 0.717) is 29.4 Å². The normalized spacial score (nSPS) is 15.9. The van der Waals surface area contributed by atoms with Gasteiger partial charge in [0.2, 0.25) is 0 Å². The van der Waals surface area contributed by atoms with Gasteiger partial charge in [0.05, 0.1) is 12.7 Å². The zero-order valence-electron chi connectivity index (χ0n) is 20.2. The summed E-state index contributed by atoms with van der Waals surface area (Å²) in [7, 11) is 1.38. The number of aryl methyl sites for hydroxylation is 1. The van der Waals surface area contributed by atoms with Crippen molar-refractivity contribution in [2.75, 3.05) is 30.8 Å². The first-order chi connectivity index (χ1) is 17.1. The van der Waals surface area contributed by atoms with E-state index in [4.69, 9.17) is 4.74 Å². The molecule has 182 valence electrons. The molecule has 1 aliphatic rings. The number of methoxy groups -OCH3 is 1. The molecule has 1 fully saturated rings. The summed E-state index contributed by atoms with van der Waals surface area (Å²) in [6.45, 7) is 2.51. The molecular formula is C29H33N3O3. The van der Waals surface area contributed by atoms with Gasteiger partial charge in [0.15, 0.2) is 0 Å². The van der Waals surface area contributed by atoms with E-state index in [9.17, 15) is 9.59 Å². The van der Waals surface area contributed by atoms with Crippen molar-refractivity contribution < 1.29 is 14.3 Å². The number of hydrogen-bond acceptors (Lipinski definition) is 4. The molecule has 2 amide bonds. The van der Waals surface area contributed by atoms with Crippen molar-refractivity contribution in [1.29, 1.82) is 0 Å². The van der Waals surface area contributed by atoms with Gasteiger partial charge in [0.1, 0.15) is 0 Å². The Hall–Kier alpha value is -3.64. The first-order valence-corrected chi connectivity index (χ1v) is 12.2. The van der Waals surface area contributed by atoms with Crippen LogP contribution in [0.2, 0.25) is 0 Å². The molecule has 0 aliphatic carbocycles. The molecule has 1 unspecified atom stereocenters. The number of carbonyl (C=O) groups excluding carboxylic acids is 2. The van der Waals surface area contributed by atoms with E-state index in [2.05, 4.69) is 45.9 Å². The fourth-order valence-electron chi connectivity index (χ4n) is 4.75. The summed E-state index contributed by atoms with van der Waals surface area (Å²) in [6, 6.07) is 24.9. The van der Waals surface area contributed by atoms with Crippen LogP contribution in [-0.4, -0.2) is 37.1 Å². The van der Waals surface area contributed by atoms with Crippen LogP contribution in [0.4, 0.5) is 16.2 Å². The number of hydrogen-bond donors (Lipinski definition) is 2. The SMILES string of the molecule is COC(=O)c1cccc(NC(=O)Nc2ccccc2)c1CN1CCCC(CCc2ccccc2)C1. The number of esters is 1. The number of nitrogens with one attached hydrogen (secondary N) is 2. The number of amides is 2. The second kappa shape index (κ2) is 12.2. The Kier molecular flexibility index (Phi) is 8.52. The van der Waals surface area contributed by atoms with Crippen LogP contribution in [-0.2, 0) is 17.7 Å². The van der Waals surface area contributed by atoms with E-state index in [0.717, 1.165) is 37.9 Å². The Morgan fingerprint density at radius 2 is 1.69 bits per heavy atom. The Morgan fingerprint density at radius 3 is 2.43 bits per heavy atom. The van der Waals surface area contributed by atoms with Gasteiger partial charge >= 0.3 is 12.0 Å². The number of nitrogens with zero attached hydrogens (tertiary/aromatic N) is 1.